The van der Waals surface area contributed by atoms with Crippen LogP contribution in [0.1, 0.15) is 63.5 Å². The Morgan fingerprint density at radius 2 is 1.84 bits per heavy atom. The molecule has 0 aromatic heterocycles. The maximum Gasteiger partial charge on any atom is 0.119 e. The predicted octanol–water partition coefficient (Wildman–Crippen LogP) is 4.48. The Morgan fingerprint density at radius 1 is 1.16 bits per heavy atom. The van der Waals surface area contributed by atoms with Gasteiger partial charge in [0.2, 0.25) is 0 Å². The number of aliphatic hydroxyl groups is 1. The Kier molecular flexibility index (Phi) is 5.71. The smallest absolute Gasteiger partial charge is 0.119 e. The van der Waals surface area contributed by atoms with Crippen LogP contribution in [0.4, 0.5) is 0 Å². The highest BCUT2D eigenvalue weighted by Crippen LogP contribution is 2.34. The lowest BCUT2D eigenvalue weighted by Crippen LogP contribution is -2.15. The number of ether oxygens (including phenoxy) is 1. The largest absolute Gasteiger partial charge is 0.494 e. The van der Waals surface area contributed by atoms with Crippen LogP contribution >= 0.6 is 0 Å². The van der Waals surface area contributed by atoms with Gasteiger partial charge in [-0.15, -0.1) is 0 Å². The van der Waals surface area contributed by atoms with E-state index in [-0.39, 0.29) is 6.10 Å². The molecular weight excluding hydrogens is 236 g/mol. The van der Waals surface area contributed by atoms with Crippen molar-refractivity contribution in [1.82, 2.24) is 0 Å². The summed E-state index contributed by atoms with van der Waals surface area (Å²) in [4.78, 5) is 0. The number of hydrogen-bond donors (Lipinski definition) is 1. The van der Waals surface area contributed by atoms with E-state index in [1.54, 1.807) is 0 Å². The summed E-state index contributed by atoms with van der Waals surface area (Å²) in [5.74, 6) is 1.36. The zero-order valence-corrected chi connectivity index (χ0v) is 12.0. The number of hydrogen-bond acceptors (Lipinski definition) is 2. The maximum absolute atomic E-state index is 10.4. The number of rotatable bonds is 6. The summed E-state index contributed by atoms with van der Waals surface area (Å²) in [6, 6.07) is 8.00. The van der Waals surface area contributed by atoms with Crippen LogP contribution in [0.5, 0.6) is 5.75 Å². The summed E-state index contributed by atoms with van der Waals surface area (Å²) in [7, 11) is 0. The molecule has 19 heavy (non-hydrogen) atoms. The quantitative estimate of drug-likeness (QED) is 0.766. The predicted molar refractivity (Wildman–Crippen MR) is 78.4 cm³/mol. The molecule has 106 valence electrons. The lowest BCUT2D eigenvalue weighted by molar-refractivity contribution is 0.0848. The first-order chi connectivity index (χ1) is 9.31. The lowest BCUT2D eigenvalue weighted by Gasteiger charge is -2.26. The Labute approximate surface area is 116 Å². The van der Waals surface area contributed by atoms with E-state index in [0.717, 1.165) is 43.6 Å². The fourth-order valence-electron chi connectivity index (χ4n) is 2.82. The highest BCUT2D eigenvalue weighted by Gasteiger charge is 2.22. The molecule has 1 N–H and O–H groups in total. The molecule has 1 fully saturated rings. The van der Waals surface area contributed by atoms with Crippen molar-refractivity contribution in [2.75, 3.05) is 6.61 Å². The second-order valence-electron chi connectivity index (χ2n) is 5.61. The van der Waals surface area contributed by atoms with Gasteiger partial charge in [-0.2, -0.15) is 0 Å². The van der Waals surface area contributed by atoms with Crippen molar-refractivity contribution >= 4 is 0 Å². The van der Waals surface area contributed by atoms with Crippen LogP contribution in [-0.4, -0.2) is 11.7 Å². The Morgan fingerprint density at radius 3 is 2.47 bits per heavy atom. The van der Waals surface area contributed by atoms with Crippen molar-refractivity contribution in [3.8, 4) is 5.75 Å². The van der Waals surface area contributed by atoms with Gasteiger partial charge in [0, 0.05) is 0 Å². The van der Waals surface area contributed by atoms with Gasteiger partial charge in [-0.05, 0) is 42.9 Å². The second-order valence-corrected chi connectivity index (χ2v) is 5.61. The molecule has 0 amide bonds. The molecule has 0 saturated heterocycles. The fraction of sp³-hybridized carbons (Fsp3) is 0.647. The maximum atomic E-state index is 10.4. The van der Waals surface area contributed by atoms with Crippen LogP contribution in [-0.2, 0) is 0 Å². The van der Waals surface area contributed by atoms with Crippen LogP contribution in [0.15, 0.2) is 24.3 Å². The summed E-state index contributed by atoms with van der Waals surface area (Å²) < 4.78 is 5.64. The minimum absolute atomic E-state index is 0.301. The molecule has 2 nitrogen and oxygen atoms in total. The lowest BCUT2D eigenvalue weighted by atomic mass is 9.83. The normalized spacial score (nSPS) is 18.2. The third kappa shape index (κ3) is 4.24. The van der Waals surface area contributed by atoms with Crippen LogP contribution in [0.2, 0.25) is 0 Å². The van der Waals surface area contributed by atoms with Crippen LogP contribution in [0.3, 0.4) is 0 Å². The van der Waals surface area contributed by atoms with Crippen LogP contribution in [0.25, 0.3) is 0 Å². The molecule has 1 aliphatic carbocycles. The molecule has 1 aromatic rings. The van der Waals surface area contributed by atoms with Crippen LogP contribution < -0.4 is 4.74 Å². The first-order valence-electron chi connectivity index (χ1n) is 7.72. The van der Waals surface area contributed by atoms with E-state index in [4.69, 9.17) is 4.74 Å². The van der Waals surface area contributed by atoms with Crippen LogP contribution in [0, 0.1) is 5.92 Å². The summed E-state index contributed by atoms with van der Waals surface area (Å²) in [5, 5.41) is 10.4. The van der Waals surface area contributed by atoms with Crippen molar-refractivity contribution in [3.63, 3.8) is 0 Å². The molecule has 1 aliphatic rings. The highest BCUT2D eigenvalue weighted by molar-refractivity contribution is 5.28. The summed E-state index contributed by atoms with van der Waals surface area (Å²) in [5.41, 5.74) is 1.04. The molecule has 0 spiro atoms. The number of unbranched alkanes of at least 4 members (excludes halogenated alkanes) is 1. The van der Waals surface area contributed by atoms with Gasteiger partial charge >= 0.3 is 0 Å². The molecule has 0 aliphatic heterocycles. The summed E-state index contributed by atoms with van der Waals surface area (Å²) >= 11 is 0. The molecule has 1 aromatic carbocycles. The van der Waals surface area contributed by atoms with Crippen molar-refractivity contribution in [3.05, 3.63) is 29.8 Å². The van der Waals surface area contributed by atoms with Gasteiger partial charge in [0.05, 0.1) is 12.7 Å². The first kappa shape index (κ1) is 14.4. The fourth-order valence-corrected chi connectivity index (χ4v) is 2.82. The minimum Gasteiger partial charge on any atom is -0.494 e. The van der Waals surface area contributed by atoms with E-state index in [1.165, 1.54) is 19.3 Å². The Bertz CT molecular complexity index is 352. The SMILES string of the molecule is CCCCOc1ccc(C(O)C2CCCCC2)cc1. The van der Waals surface area contributed by atoms with Gasteiger partial charge in [0.15, 0.2) is 0 Å². The molecule has 0 radical (unpaired) electrons. The summed E-state index contributed by atoms with van der Waals surface area (Å²) in [6.07, 6.45) is 8.12. The van der Waals surface area contributed by atoms with Crippen molar-refractivity contribution < 1.29 is 9.84 Å². The van der Waals surface area contributed by atoms with Gasteiger partial charge < -0.3 is 9.84 Å². The highest BCUT2D eigenvalue weighted by atomic mass is 16.5. The third-order valence-corrected chi connectivity index (χ3v) is 4.08. The van der Waals surface area contributed by atoms with Gasteiger partial charge in [-0.25, -0.2) is 0 Å². The van der Waals surface area contributed by atoms with Crippen molar-refractivity contribution in [2.24, 2.45) is 5.92 Å². The third-order valence-electron chi connectivity index (χ3n) is 4.08. The first-order valence-corrected chi connectivity index (χ1v) is 7.72. The van der Waals surface area contributed by atoms with E-state index in [9.17, 15) is 5.11 Å². The van der Waals surface area contributed by atoms with Gasteiger partial charge in [0.1, 0.15) is 5.75 Å². The Hall–Kier alpha value is -1.02. The van der Waals surface area contributed by atoms with E-state index in [0.29, 0.717) is 5.92 Å². The minimum atomic E-state index is -0.301. The average Bonchev–Trinajstić information content (AvgIpc) is 2.48. The molecule has 2 heteroatoms. The van der Waals surface area contributed by atoms with E-state index in [2.05, 4.69) is 6.92 Å². The molecule has 2 rings (SSSR count). The molecule has 1 unspecified atom stereocenters. The molecule has 0 heterocycles. The molecule has 0 bridgehead atoms. The van der Waals surface area contributed by atoms with Crippen molar-refractivity contribution in [1.29, 1.82) is 0 Å². The van der Waals surface area contributed by atoms with Gasteiger partial charge in [-0.3, -0.25) is 0 Å². The second kappa shape index (κ2) is 7.54. The monoisotopic (exact) mass is 262 g/mol. The average molecular weight is 262 g/mol. The van der Waals surface area contributed by atoms with E-state index >= 15 is 0 Å². The summed E-state index contributed by atoms with van der Waals surface area (Å²) in [6.45, 7) is 2.94. The molecule has 1 saturated carbocycles. The molecule has 1 atom stereocenters. The van der Waals surface area contributed by atoms with Crippen molar-refractivity contribution in [2.45, 2.75) is 58.0 Å². The van der Waals surface area contributed by atoms with E-state index < -0.39 is 0 Å². The Balaban J connectivity index is 1.89. The number of aliphatic hydroxyl groups excluding tert-OH is 1. The van der Waals surface area contributed by atoms with E-state index in [1.807, 2.05) is 24.3 Å². The topological polar surface area (TPSA) is 29.5 Å². The molecular formula is C17H26O2. The van der Waals surface area contributed by atoms with Gasteiger partial charge in [0.25, 0.3) is 0 Å². The number of benzene rings is 1. The zero-order valence-electron chi connectivity index (χ0n) is 12.0. The standard InChI is InChI=1S/C17H26O2/c1-2-3-13-19-16-11-9-15(10-12-16)17(18)14-7-5-4-6-8-14/h9-12,14,17-18H,2-8,13H2,1H3. The zero-order chi connectivity index (χ0) is 13.5. The van der Waals surface area contributed by atoms with Gasteiger partial charge in [-0.1, -0.05) is 44.7 Å².